The van der Waals surface area contributed by atoms with Gasteiger partial charge in [0.2, 0.25) is 16.0 Å². The fourth-order valence-electron chi connectivity index (χ4n) is 3.61. The highest BCUT2D eigenvalue weighted by molar-refractivity contribution is 7.15. The Morgan fingerprint density at radius 1 is 1.21 bits per heavy atom. The van der Waals surface area contributed by atoms with E-state index in [1.165, 1.54) is 17.9 Å². The van der Waals surface area contributed by atoms with Crippen LogP contribution in [0.1, 0.15) is 11.9 Å². The Kier molecular flexibility index (Phi) is 6.28. The number of hydrogen-bond donors (Lipinski definition) is 1. The van der Waals surface area contributed by atoms with E-state index in [9.17, 15) is 27.2 Å². The van der Waals surface area contributed by atoms with E-state index in [-0.39, 0.29) is 24.1 Å². The van der Waals surface area contributed by atoms with Crippen molar-refractivity contribution >= 4 is 39.8 Å². The number of hydrogen-bond acceptors (Lipinski definition) is 8. The normalized spacial score (nSPS) is 19.1. The number of rotatable bonds is 5. The Labute approximate surface area is 189 Å². The number of ether oxygens (including phenoxy) is 1. The van der Waals surface area contributed by atoms with Gasteiger partial charge in [0.25, 0.3) is 0 Å². The van der Waals surface area contributed by atoms with Gasteiger partial charge in [0.05, 0.1) is 24.5 Å². The smallest absolute Gasteiger partial charge is 0.442 e. The Morgan fingerprint density at radius 3 is 2.52 bits per heavy atom. The summed E-state index contributed by atoms with van der Waals surface area (Å²) in [6, 6.07) is 4.40. The van der Waals surface area contributed by atoms with Gasteiger partial charge in [-0.1, -0.05) is 11.3 Å². The van der Waals surface area contributed by atoms with E-state index in [0.29, 0.717) is 48.9 Å². The molecule has 2 amide bonds. The summed E-state index contributed by atoms with van der Waals surface area (Å²) in [5.41, 5.74) is 0.660. The molecular weight excluding hydrogens is 468 g/mol. The summed E-state index contributed by atoms with van der Waals surface area (Å²) >= 11 is 0.482. The molecular formula is C19H20F4N6O3S. The maximum Gasteiger partial charge on any atom is 0.445 e. The van der Waals surface area contributed by atoms with E-state index in [1.807, 2.05) is 0 Å². The lowest BCUT2D eigenvalue weighted by Gasteiger charge is -2.36. The quantitative estimate of drug-likeness (QED) is 0.647. The zero-order chi connectivity index (χ0) is 23.8. The molecule has 33 heavy (non-hydrogen) atoms. The molecule has 2 fully saturated rings. The SMILES string of the molecule is CC(=O)NCC1CN(c2ccc(N3CCN(c4nnc(C(F)(F)F)s4)CC3)c(F)c2)C(=O)O1. The van der Waals surface area contributed by atoms with Crippen LogP contribution in [0.25, 0.3) is 0 Å². The van der Waals surface area contributed by atoms with Crippen molar-refractivity contribution in [3.05, 3.63) is 29.0 Å². The molecule has 1 aromatic heterocycles. The average Bonchev–Trinajstić information content (AvgIpc) is 3.39. The Balaban J connectivity index is 1.38. The van der Waals surface area contributed by atoms with Crippen LogP contribution >= 0.6 is 11.3 Å². The lowest BCUT2D eigenvalue weighted by atomic mass is 10.2. The van der Waals surface area contributed by atoms with Gasteiger partial charge in [-0.15, -0.1) is 10.2 Å². The zero-order valence-electron chi connectivity index (χ0n) is 17.4. The molecule has 2 aromatic rings. The molecule has 4 rings (SSSR count). The first kappa shape index (κ1) is 23.0. The second-order valence-corrected chi connectivity index (χ2v) is 8.51. The number of piperazine rings is 1. The second-order valence-electron chi connectivity index (χ2n) is 7.55. The number of alkyl halides is 3. The van der Waals surface area contributed by atoms with Crippen molar-refractivity contribution in [2.45, 2.75) is 19.2 Å². The fraction of sp³-hybridized carbons (Fsp3) is 0.474. The summed E-state index contributed by atoms with van der Waals surface area (Å²) in [4.78, 5) is 27.9. The van der Waals surface area contributed by atoms with Crippen molar-refractivity contribution in [1.82, 2.24) is 15.5 Å². The van der Waals surface area contributed by atoms with Crippen LogP contribution in [-0.2, 0) is 15.7 Å². The van der Waals surface area contributed by atoms with Gasteiger partial charge in [-0.25, -0.2) is 9.18 Å². The van der Waals surface area contributed by atoms with Crippen LogP contribution in [0.15, 0.2) is 18.2 Å². The highest BCUT2D eigenvalue weighted by Crippen LogP contribution is 2.35. The number of cyclic esters (lactones) is 1. The summed E-state index contributed by atoms with van der Waals surface area (Å²) in [5.74, 6) is -0.777. The molecule has 14 heteroatoms. The minimum absolute atomic E-state index is 0.168. The van der Waals surface area contributed by atoms with Crippen molar-refractivity contribution in [2.75, 3.05) is 54.0 Å². The van der Waals surface area contributed by atoms with Crippen LogP contribution in [0, 0.1) is 5.82 Å². The molecule has 2 aliphatic heterocycles. The first-order chi connectivity index (χ1) is 15.6. The first-order valence-electron chi connectivity index (χ1n) is 10.0. The Morgan fingerprint density at radius 2 is 1.91 bits per heavy atom. The van der Waals surface area contributed by atoms with Crippen molar-refractivity contribution in [3.8, 4) is 0 Å². The molecule has 0 bridgehead atoms. The number of carbonyl (C=O) groups is 2. The van der Waals surface area contributed by atoms with E-state index in [4.69, 9.17) is 4.74 Å². The standard InChI is InChI=1S/C19H20F4N6O3S/c1-11(30)24-9-13-10-29(18(31)32-13)12-2-3-15(14(20)8-12)27-4-6-28(7-5-27)17-26-25-16(33-17)19(21,22)23/h2-3,8,13H,4-7,9-10H2,1H3,(H,24,30). The van der Waals surface area contributed by atoms with Crippen molar-refractivity contribution < 1.29 is 31.9 Å². The van der Waals surface area contributed by atoms with Gasteiger partial charge in [-0.3, -0.25) is 9.69 Å². The van der Waals surface area contributed by atoms with E-state index in [1.54, 1.807) is 21.9 Å². The van der Waals surface area contributed by atoms with Gasteiger partial charge in [0.1, 0.15) is 11.9 Å². The molecule has 178 valence electrons. The number of anilines is 3. The molecule has 0 aliphatic carbocycles. The van der Waals surface area contributed by atoms with Crippen molar-refractivity contribution in [2.24, 2.45) is 0 Å². The van der Waals surface area contributed by atoms with Gasteiger partial charge < -0.3 is 19.9 Å². The van der Waals surface area contributed by atoms with Gasteiger partial charge in [-0.05, 0) is 18.2 Å². The predicted molar refractivity (Wildman–Crippen MR) is 112 cm³/mol. The number of halogens is 4. The summed E-state index contributed by atoms with van der Waals surface area (Å²) in [5, 5.41) is 8.58. The van der Waals surface area contributed by atoms with Crippen LogP contribution in [0.2, 0.25) is 0 Å². The largest absolute Gasteiger partial charge is 0.445 e. The Hall–Kier alpha value is -3.16. The molecule has 0 saturated carbocycles. The highest BCUT2D eigenvalue weighted by Gasteiger charge is 2.37. The number of nitrogens with one attached hydrogen (secondary N) is 1. The van der Waals surface area contributed by atoms with Crippen LogP contribution in [-0.4, -0.2) is 67.6 Å². The molecule has 0 radical (unpaired) electrons. The first-order valence-corrected chi connectivity index (χ1v) is 10.9. The molecule has 0 spiro atoms. The summed E-state index contributed by atoms with van der Waals surface area (Å²) in [7, 11) is 0. The van der Waals surface area contributed by atoms with Gasteiger partial charge >= 0.3 is 12.3 Å². The lowest BCUT2D eigenvalue weighted by Crippen LogP contribution is -2.46. The Bertz CT molecular complexity index is 1040. The molecule has 9 nitrogen and oxygen atoms in total. The minimum atomic E-state index is -4.53. The highest BCUT2D eigenvalue weighted by atomic mass is 32.1. The number of amides is 2. The van der Waals surface area contributed by atoms with Gasteiger partial charge in [0, 0.05) is 33.1 Å². The van der Waals surface area contributed by atoms with E-state index in [0.717, 1.165) is 0 Å². The predicted octanol–water partition coefficient (Wildman–Crippen LogP) is 2.48. The number of carbonyl (C=O) groups excluding carboxylic acids is 2. The molecule has 1 atom stereocenters. The lowest BCUT2D eigenvalue weighted by molar-refractivity contribution is -0.138. The molecule has 1 unspecified atom stereocenters. The minimum Gasteiger partial charge on any atom is -0.442 e. The van der Waals surface area contributed by atoms with Crippen LogP contribution in [0.5, 0.6) is 0 Å². The van der Waals surface area contributed by atoms with Gasteiger partial charge in [-0.2, -0.15) is 13.2 Å². The van der Waals surface area contributed by atoms with Crippen LogP contribution < -0.4 is 20.0 Å². The van der Waals surface area contributed by atoms with Crippen LogP contribution in [0.3, 0.4) is 0 Å². The second kappa shape index (κ2) is 9.00. The topological polar surface area (TPSA) is 90.9 Å². The molecule has 3 heterocycles. The molecule has 2 aliphatic rings. The molecule has 1 N–H and O–H groups in total. The fourth-order valence-corrected chi connectivity index (χ4v) is 4.38. The third kappa shape index (κ3) is 5.10. The zero-order valence-corrected chi connectivity index (χ0v) is 18.2. The maximum atomic E-state index is 14.9. The molecule has 1 aromatic carbocycles. The number of benzene rings is 1. The maximum absolute atomic E-state index is 14.9. The molecule has 2 saturated heterocycles. The summed E-state index contributed by atoms with van der Waals surface area (Å²) in [6.07, 6.45) is -5.69. The van der Waals surface area contributed by atoms with Crippen molar-refractivity contribution in [1.29, 1.82) is 0 Å². The third-order valence-electron chi connectivity index (χ3n) is 5.24. The summed E-state index contributed by atoms with van der Waals surface area (Å²) in [6.45, 7) is 3.17. The number of nitrogens with zero attached hydrogens (tertiary/aromatic N) is 5. The van der Waals surface area contributed by atoms with E-state index >= 15 is 0 Å². The summed E-state index contributed by atoms with van der Waals surface area (Å²) < 4.78 is 58.3. The van der Waals surface area contributed by atoms with Crippen molar-refractivity contribution in [3.63, 3.8) is 0 Å². The van der Waals surface area contributed by atoms with E-state index in [2.05, 4.69) is 15.5 Å². The average molecular weight is 488 g/mol. The van der Waals surface area contributed by atoms with Gasteiger partial charge in [0.15, 0.2) is 0 Å². The van der Waals surface area contributed by atoms with E-state index < -0.39 is 29.2 Å². The third-order valence-corrected chi connectivity index (χ3v) is 6.27. The van der Waals surface area contributed by atoms with Crippen LogP contribution in [0.4, 0.5) is 38.9 Å². The number of aromatic nitrogens is 2. The monoisotopic (exact) mass is 488 g/mol.